The molecule has 0 aromatic heterocycles. The van der Waals surface area contributed by atoms with Gasteiger partial charge in [0.1, 0.15) is 23.4 Å². The quantitative estimate of drug-likeness (QED) is 0.621. The second-order valence-corrected chi connectivity index (χ2v) is 6.54. The lowest BCUT2D eigenvalue weighted by atomic mass is 9.73. The monoisotopic (exact) mass is 306 g/mol. The fraction of sp³-hybridized carbons (Fsp3) is 0.529. The lowest BCUT2D eigenvalue weighted by molar-refractivity contribution is -0.188. The van der Waals surface area contributed by atoms with Gasteiger partial charge in [0.05, 0.1) is 13.0 Å². The van der Waals surface area contributed by atoms with E-state index in [0.29, 0.717) is 0 Å². The summed E-state index contributed by atoms with van der Waals surface area (Å²) in [5.74, 6) is -0.702. The molecule has 0 amide bonds. The van der Waals surface area contributed by atoms with Crippen LogP contribution < -0.4 is 4.74 Å². The molecule has 22 heavy (non-hydrogen) atoms. The maximum atomic E-state index is 11.8. The molecule has 2 rings (SSSR count). The minimum Gasteiger partial charge on any atom is -0.497 e. The van der Waals surface area contributed by atoms with Gasteiger partial charge in [0, 0.05) is 0 Å². The molecule has 5 heteroatoms. The van der Waals surface area contributed by atoms with Crippen LogP contribution in [0.5, 0.6) is 5.75 Å². The molecule has 1 fully saturated rings. The average molecular weight is 306 g/mol. The van der Waals surface area contributed by atoms with Gasteiger partial charge in [-0.2, -0.15) is 0 Å². The van der Waals surface area contributed by atoms with E-state index >= 15 is 0 Å². The molecule has 0 aliphatic carbocycles. The molecule has 0 spiro atoms. The predicted octanol–water partition coefficient (Wildman–Crippen LogP) is 2.83. The molecule has 0 bridgehead atoms. The predicted molar refractivity (Wildman–Crippen MR) is 80.7 cm³/mol. The van der Waals surface area contributed by atoms with Crippen LogP contribution in [0.1, 0.15) is 45.6 Å². The summed E-state index contributed by atoms with van der Waals surface area (Å²) in [5, 5.41) is 0. The van der Waals surface area contributed by atoms with Gasteiger partial charge < -0.3 is 14.2 Å². The lowest BCUT2D eigenvalue weighted by Crippen LogP contribution is -2.50. The molecule has 120 valence electrons. The van der Waals surface area contributed by atoms with Gasteiger partial charge in [-0.05, 0) is 45.4 Å². The number of esters is 2. The minimum absolute atomic E-state index is 0.306. The number of hydrogen-bond donors (Lipinski definition) is 0. The molecule has 5 nitrogen and oxygen atoms in total. The third-order valence-electron chi connectivity index (χ3n) is 3.88. The van der Waals surface area contributed by atoms with Crippen molar-refractivity contribution in [2.75, 3.05) is 7.11 Å². The van der Waals surface area contributed by atoms with E-state index in [9.17, 15) is 9.59 Å². The van der Waals surface area contributed by atoms with Gasteiger partial charge in [-0.3, -0.25) is 9.59 Å². The number of cyclic esters (lactones) is 2. The second-order valence-electron chi connectivity index (χ2n) is 6.54. The Labute approximate surface area is 130 Å². The van der Waals surface area contributed by atoms with Crippen LogP contribution in [0.4, 0.5) is 0 Å². The highest BCUT2D eigenvalue weighted by atomic mass is 16.6. The Hall–Kier alpha value is -2.04. The number of benzene rings is 1. The zero-order chi connectivity index (χ0) is 16.5. The van der Waals surface area contributed by atoms with E-state index in [1.807, 2.05) is 52.0 Å². The summed E-state index contributed by atoms with van der Waals surface area (Å²) in [6, 6.07) is 7.47. The highest BCUT2D eigenvalue weighted by Crippen LogP contribution is 2.43. The van der Waals surface area contributed by atoms with E-state index in [0.717, 1.165) is 11.3 Å². The van der Waals surface area contributed by atoms with Crippen LogP contribution in [0.15, 0.2) is 24.3 Å². The van der Waals surface area contributed by atoms with E-state index in [-0.39, 0.29) is 12.3 Å². The molecule has 1 heterocycles. The zero-order valence-corrected chi connectivity index (χ0v) is 13.6. The largest absolute Gasteiger partial charge is 0.497 e. The molecule has 0 saturated carbocycles. The summed E-state index contributed by atoms with van der Waals surface area (Å²) in [6.45, 7) is 7.34. The van der Waals surface area contributed by atoms with Crippen LogP contribution in [0, 0.1) is 0 Å². The van der Waals surface area contributed by atoms with E-state index in [1.165, 1.54) is 0 Å². The maximum Gasteiger partial charge on any atom is 0.317 e. The Morgan fingerprint density at radius 3 is 1.82 bits per heavy atom. The van der Waals surface area contributed by atoms with Gasteiger partial charge in [-0.1, -0.05) is 12.1 Å². The van der Waals surface area contributed by atoms with Crippen molar-refractivity contribution in [3.8, 4) is 5.75 Å². The van der Waals surface area contributed by atoms with Crippen molar-refractivity contribution in [3.63, 3.8) is 0 Å². The SMILES string of the molecule is COc1ccc(C2C(C)(C)OC(=O)CC(=O)OC2(C)C)cc1. The molecule has 0 N–H and O–H groups in total. The zero-order valence-electron chi connectivity index (χ0n) is 13.6. The van der Waals surface area contributed by atoms with Crippen molar-refractivity contribution in [1.82, 2.24) is 0 Å². The van der Waals surface area contributed by atoms with E-state index < -0.39 is 23.1 Å². The Morgan fingerprint density at radius 2 is 1.41 bits per heavy atom. The smallest absolute Gasteiger partial charge is 0.317 e. The molecular formula is C17H22O5. The highest BCUT2D eigenvalue weighted by Gasteiger charge is 2.48. The Balaban J connectivity index is 2.48. The highest BCUT2D eigenvalue weighted by molar-refractivity contribution is 5.91. The first kappa shape index (κ1) is 16.3. The fourth-order valence-electron chi connectivity index (χ4n) is 3.33. The van der Waals surface area contributed by atoms with Crippen molar-refractivity contribution in [2.45, 2.75) is 51.2 Å². The number of ether oxygens (including phenoxy) is 3. The van der Waals surface area contributed by atoms with Gasteiger partial charge in [0.15, 0.2) is 0 Å². The minimum atomic E-state index is -0.810. The van der Waals surface area contributed by atoms with Gasteiger partial charge in [-0.15, -0.1) is 0 Å². The van der Waals surface area contributed by atoms with Crippen LogP contribution in [-0.2, 0) is 19.1 Å². The number of rotatable bonds is 2. The van der Waals surface area contributed by atoms with Gasteiger partial charge in [0.2, 0.25) is 0 Å². The summed E-state index contributed by atoms with van der Waals surface area (Å²) in [7, 11) is 1.60. The van der Waals surface area contributed by atoms with Crippen LogP contribution in [0.25, 0.3) is 0 Å². The molecule has 0 atom stereocenters. The molecular weight excluding hydrogens is 284 g/mol. The van der Waals surface area contributed by atoms with Gasteiger partial charge >= 0.3 is 11.9 Å². The maximum absolute atomic E-state index is 11.8. The Morgan fingerprint density at radius 1 is 0.955 bits per heavy atom. The first-order chi connectivity index (χ1) is 10.2. The molecule has 1 saturated heterocycles. The summed E-state index contributed by atoms with van der Waals surface area (Å²) in [4.78, 5) is 23.6. The van der Waals surface area contributed by atoms with E-state index in [2.05, 4.69) is 0 Å². The van der Waals surface area contributed by atoms with Crippen molar-refractivity contribution in [3.05, 3.63) is 29.8 Å². The standard InChI is InChI=1S/C17H22O5/c1-16(2)15(11-6-8-12(20-5)9-7-11)17(3,4)22-14(19)10-13(18)21-16/h6-9,15H,10H2,1-5H3. The van der Waals surface area contributed by atoms with Crippen molar-refractivity contribution < 1.29 is 23.8 Å². The molecule has 0 radical (unpaired) electrons. The number of hydrogen-bond acceptors (Lipinski definition) is 5. The summed E-state index contributed by atoms with van der Waals surface area (Å²) >= 11 is 0. The normalized spacial score (nSPS) is 21.3. The molecule has 0 unspecified atom stereocenters. The average Bonchev–Trinajstić information content (AvgIpc) is 2.35. The number of methoxy groups -OCH3 is 1. The lowest BCUT2D eigenvalue weighted by Gasteiger charge is -2.44. The third kappa shape index (κ3) is 3.24. The second kappa shape index (κ2) is 5.63. The summed E-state index contributed by atoms with van der Waals surface area (Å²) < 4.78 is 16.2. The summed E-state index contributed by atoms with van der Waals surface area (Å²) in [6.07, 6.45) is -0.359. The first-order valence-corrected chi connectivity index (χ1v) is 7.23. The molecule has 1 aliphatic heterocycles. The fourth-order valence-corrected chi connectivity index (χ4v) is 3.33. The van der Waals surface area contributed by atoms with Gasteiger partial charge in [-0.25, -0.2) is 0 Å². The van der Waals surface area contributed by atoms with Crippen LogP contribution in [0.2, 0.25) is 0 Å². The van der Waals surface area contributed by atoms with Crippen molar-refractivity contribution in [2.24, 2.45) is 0 Å². The van der Waals surface area contributed by atoms with Crippen molar-refractivity contribution >= 4 is 11.9 Å². The van der Waals surface area contributed by atoms with Gasteiger partial charge in [0.25, 0.3) is 0 Å². The van der Waals surface area contributed by atoms with Crippen LogP contribution in [0.3, 0.4) is 0 Å². The molecule has 1 aliphatic rings. The third-order valence-corrected chi connectivity index (χ3v) is 3.88. The number of carbonyl (C=O) groups is 2. The van der Waals surface area contributed by atoms with Crippen molar-refractivity contribution in [1.29, 1.82) is 0 Å². The Bertz CT molecular complexity index is 543. The number of carbonyl (C=O) groups excluding carboxylic acids is 2. The summed E-state index contributed by atoms with van der Waals surface area (Å²) in [5.41, 5.74) is -0.704. The molecule has 1 aromatic carbocycles. The first-order valence-electron chi connectivity index (χ1n) is 7.23. The topological polar surface area (TPSA) is 61.8 Å². The Kier molecular flexibility index (Phi) is 4.18. The van der Waals surface area contributed by atoms with E-state index in [4.69, 9.17) is 14.2 Å². The van der Waals surface area contributed by atoms with Crippen LogP contribution >= 0.6 is 0 Å². The van der Waals surface area contributed by atoms with Crippen LogP contribution in [-0.4, -0.2) is 30.3 Å². The molecule has 1 aromatic rings. The van der Waals surface area contributed by atoms with E-state index in [1.54, 1.807) is 7.11 Å².